The summed E-state index contributed by atoms with van der Waals surface area (Å²) in [7, 11) is 0. The van der Waals surface area contributed by atoms with Crippen molar-refractivity contribution in [2.75, 3.05) is 19.6 Å². The van der Waals surface area contributed by atoms with Gasteiger partial charge in [0.1, 0.15) is 0 Å². The van der Waals surface area contributed by atoms with Gasteiger partial charge in [-0.15, -0.1) is 0 Å². The predicted octanol–water partition coefficient (Wildman–Crippen LogP) is 3.61. The summed E-state index contributed by atoms with van der Waals surface area (Å²) in [6, 6.07) is 8.09. The molecule has 1 unspecified atom stereocenters. The Labute approximate surface area is 126 Å². The van der Waals surface area contributed by atoms with Crippen molar-refractivity contribution in [2.45, 2.75) is 50.0 Å². The monoisotopic (exact) mass is 293 g/mol. The van der Waals surface area contributed by atoms with Crippen LogP contribution in [0.15, 0.2) is 24.3 Å². The molecule has 1 heterocycles. The van der Waals surface area contributed by atoms with Crippen molar-refractivity contribution in [1.82, 2.24) is 4.90 Å². The molecule has 3 heteroatoms. The number of hydrogen-bond acceptors (Lipinski definition) is 2. The SMILES string of the molecule is OC(CN1CCCCC1)C1(c2cccc(Cl)c2)CCC1. The van der Waals surface area contributed by atoms with E-state index in [4.69, 9.17) is 11.6 Å². The molecular weight excluding hydrogens is 270 g/mol. The number of likely N-dealkylation sites (tertiary alicyclic amines) is 1. The number of β-amino-alcohol motifs (C(OH)–C–C–N with tert-alkyl or cyclic N) is 1. The van der Waals surface area contributed by atoms with E-state index in [9.17, 15) is 5.11 Å². The summed E-state index contributed by atoms with van der Waals surface area (Å²) in [6.45, 7) is 3.10. The van der Waals surface area contributed by atoms with Gasteiger partial charge in [0.2, 0.25) is 0 Å². The zero-order valence-electron chi connectivity index (χ0n) is 12.0. The molecule has 0 aromatic heterocycles. The molecule has 2 fully saturated rings. The highest BCUT2D eigenvalue weighted by Crippen LogP contribution is 2.47. The fourth-order valence-corrected chi connectivity index (χ4v) is 3.92. The van der Waals surface area contributed by atoms with Crippen molar-refractivity contribution in [1.29, 1.82) is 0 Å². The highest BCUT2D eigenvalue weighted by Gasteiger charge is 2.45. The number of nitrogens with zero attached hydrogens (tertiary/aromatic N) is 1. The van der Waals surface area contributed by atoms with Crippen molar-refractivity contribution < 1.29 is 5.11 Å². The van der Waals surface area contributed by atoms with Gasteiger partial charge in [0, 0.05) is 17.0 Å². The number of halogens is 1. The van der Waals surface area contributed by atoms with Gasteiger partial charge in [0.05, 0.1) is 6.10 Å². The fourth-order valence-electron chi connectivity index (χ4n) is 3.73. The molecule has 1 saturated heterocycles. The second-order valence-electron chi connectivity index (χ2n) is 6.40. The van der Waals surface area contributed by atoms with E-state index in [-0.39, 0.29) is 11.5 Å². The first-order valence-electron chi connectivity index (χ1n) is 7.87. The Bertz CT molecular complexity index is 452. The maximum Gasteiger partial charge on any atom is 0.0763 e. The molecule has 1 aromatic rings. The van der Waals surface area contributed by atoms with Crippen LogP contribution in [0.2, 0.25) is 5.02 Å². The molecule has 110 valence electrons. The summed E-state index contributed by atoms with van der Waals surface area (Å²) < 4.78 is 0. The zero-order chi connectivity index (χ0) is 14.0. The van der Waals surface area contributed by atoms with Gasteiger partial charge in [-0.05, 0) is 56.5 Å². The van der Waals surface area contributed by atoms with Crippen LogP contribution in [0.5, 0.6) is 0 Å². The average molecular weight is 294 g/mol. The van der Waals surface area contributed by atoms with Crippen LogP contribution in [0.4, 0.5) is 0 Å². The van der Waals surface area contributed by atoms with Gasteiger partial charge in [-0.25, -0.2) is 0 Å². The van der Waals surface area contributed by atoms with Crippen molar-refractivity contribution in [3.05, 3.63) is 34.9 Å². The van der Waals surface area contributed by atoms with Gasteiger partial charge >= 0.3 is 0 Å². The third-order valence-electron chi connectivity index (χ3n) is 5.16. The summed E-state index contributed by atoms with van der Waals surface area (Å²) in [5.74, 6) is 0. The summed E-state index contributed by atoms with van der Waals surface area (Å²) in [4.78, 5) is 2.43. The van der Waals surface area contributed by atoms with E-state index in [1.165, 1.54) is 31.2 Å². The second-order valence-corrected chi connectivity index (χ2v) is 6.83. The van der Waals surface area contributed by atoms with E-state index in [1.54, 1.807) is 0 Å². The lowest BCUT2D eigenvalue weighted by molar-refractivity contribution is -0.00125. The molecule has 2 nitrogen and oxygen atoms in total. The number of aliphatic hydroxyl groups is 1. The first kappa shape index (κ1) is 14.4. The number of piperidine rings is 1. The molecule has 1 aliphatic heterocycles. The third kappa shape index (κ3) is 2.74. The van der Waals surface area contributed by atoms with Crippen LogP contribution in [-0.2, 0) is 5.41 Å². The minimum atomic E-state index is -0.271. The number of rotatable bonds is 4. The molecule has 1 saturated carbocycles. The molecule has 0 bridgehead atoms. The van der Waals surface area contributed by atoms with E-state index in [2.05, 4.69) is 11.0 Å². The van der Waals surface area contributed by atoms with E-state index in [0.717, 1.165) is 37.5 Å². The molecule has 1 aliphatic carbocycles. The minimum absolute atomic E-state index is 0.0532. The van der Waals surface area contributed by atoms with Crippen LogP contribution in [0, 0.1) is 0 Å². The molecule has 1 N–H and O–H groups in total. The summed E-state index contributed by atoms with van der Waals surface area (Å²) in [5, 5.41) is 11.6. The maximum absolute atomic E-state index is 10.8. The molecule has 0 radical (unpaired) electrons. The van der Waals surface area contributed by atoms with Crippen molar-refractivity contribution in [2.24, 2.45) is 0 Å². The molecule has 0 amide bonds. The third-order valence-corrected chi connectivity index (χ3v) is 5.40. The van der Waals surface area contributed by atoms with Crippen molar-refractivity contribution >= 4 is 11.6 Å². The maximum atomic E-state index is 10.8. The molecule has 1 aromatic carbocycles. The largest absolute Gasteiger partial charge is 0.391 e. The van der Waals surface area contributed by atoms with Gasteiger partial charge in [-0.3, -0.25) is 0 Å². The topological polar surface area (TPSA) is 23.5 Å². The van der Waals surface area contributed by atoms with Crippen LogP contribution in [0.3, 0.4) is 0 Å². The summed E-state index contributed by atoms with van der Waals surface area (Å²) in [6.07, 6.45) is 7.00. The Kier molecular flexibility index (Phi) is 4.34. The van der Waals surface area contributed by atoms with Crippen molar-refractivity contribution in [3.8, 4) is 0 Å². The Morgan fingerprint density at radius 2 is 1.90 bits per heavy atom. The van der Waals surface area contributed by atoms with Gasteiger partial charge in [-0.1, -0.05) is 36.6 Å². The zero-order valence-corrected chi connectivity index (χ0v) is 12.8. The molecule has 20 heavy (non-hydrogen) atoms. The molecule has 3 rings (SSSR count). The minimum Gasteiger partial charge on any atom is -0.391 e. The lowest BCUT2D eigenvalue weighted by Crippen LogP contribution is -2.51. The molecular formula is C17H24ClNO. The van der Waals surface area contributed by atoms with Crippen molar-refractivity contribution in [3.63, 3.8) is 0 Å². The first-order chi connectivity index (χ1) is 9.71. The summed E-state index contributed by atoms with van der Waals surface area (Å²) in [5.41, 5.74) is 1.17. The lowest BCUT2D eigenvalue weighted by Gasteiger charge is -2.47. The highest BCUT2D eigenvalue weighted by atomic mass is 35.5. The summed E-state index contributed by atoms with van der Waals surface area (Å²) >= 11 is 6.14. The standard InChI is InChI=1S/C17H24ClNO/c18-15-7-4-6-14(12-15)17(8-5-9-17)16(20)13-19-10-2-1-3-11-19/h4,6-7,12,16,20H,1-3,5,8-11,13H2. The number of aliphatic hydroxyl groups excluding tert-OH is 1. The second kappa shape index (κ2) is 6.05. The number of benzene rings is 1. The Morgan fingerprint density at radius 1 is 1.15 bits per heavy atom. The normalized spacial score (nSPS) is 24.1. The van der Waals surface area contributed by atoms with E-state index in [1.807, 2.05) is 18.2 Å². The van der Waals surface area contributed by atoms with E-state index < -0.39 is 0 Å². The van der Waals surface area contributed by atoms with Crippen LogP contribution in [0.1, 0.15) is 44.1 Å². The average Bonchev–Trinajstić information content (AvgIpc) is 2.38. The Balaban J connectivity index is 1.74. The van der Waals surface area contributed by atoms with E-state index in [0.29, 0.717) is 0 Å². The Morgan fingerprint density at radius 3 is 2.50 bits per heavy atom. The first-order valence-corrected chi connectivity index (χ1v) is 8.25. The van der Waals surface area contributed by atoms with Crippen LogP contribution >= 0.6 is 11.6 Å². The van der Waals surface area contributed by atoms with Gasteiger partial charge in [0.15, 0.2) is 0 Å². The Hall–Kier alpha value is -0.570. The quantitative estimate of drug-likeness (QED) is 0.917. The fraction of sp³-hybridized carbons (Fsp3) is 0.647. The van der Waals surface area contributed by atoms with Crippen LogP contribution in [0.25, 0.3) is 0 Å². The molecule has 0 spiro atoms. The van der Waals surface area contributed by atoms with Gasteiger partial charge in [-0.2, -0.15) is 0 Å². The van der Waals surface area contributed by atoms with Crippen LogP contribution in [-0.4, -0.2) is 35.7 Å². The smallest absolute Gasteiger partial charge is 0.0763 e. The van der Waals surface area contributed by atoms with E-state index >= 15 is 0 Å². The number of hydrogen-bond donors (Lipinski definition) is 1. The van der Waals surface area contributed by atoms with Gasteiger partial charge in [0.25, 0.3) is 0 Å². The van der Waals surface area contributed by atoms with Crippen LogP contribution < -0.4 is 0 Å². The lowest BCUT2D eigenvalue weighted by atomic mass is 9.61. The predicted molar refractivity (Wildman–Crippen MR) is 83.3 cm³/mol. The van der Waals surface area contributed by atoms with Gasteiger partial charge < -0.3 is 10.0 Å². The highest BCUT2D eigenvalue weighted by molar-refractivity contribution is 6.30. The molecule has 2 aliphatic rings. The molecule has 1 atom stereocenters.